The Kier molecular flexibility index (Phi) is 4.04. The minimum absolute atomic E-state index is 0.0230. The van der Waals surface area contributed by atoms with Crippen LogP contribution in [-0.2, 0) is 4.74 Å². The van der Waals surface area contributed by atoms with Crippen LogP contribution in [0.1, 0.15) is 13.8 Å². The van der Waals surface area contributed by atoms with Crippen LogP contribution in [0.3, 0.4) is 0 Å². The molecule has 3 aromatic rings. The number of hydrogen-bond donors (Lipinski definition) is 3. The fourth-order valence-corrected chi connectivity index (χ4v) is 4.21. The van der Waals surface area contributed by atoms with E-state index in [2.05, 4.69) is 49.4 Å². The van der Waals surface area contributed by atoms with Crippen molar-refractivity contribution >= 4 is 5.82 Å². The third kappa shape index (κ3) is 3.32. The third-order valence-corrected chi connectivity index (χ3v) is 5.36. The molecule has 0 saturated carbocycles. The minimum Gasteiger partial charge on any atom is -0.506 e. The average molecular weight is 393 g/mol. The average Bonchev–Trinajstić information content (AvgIpc) is 3.20. The molecule has 150 valence electrons. The Bertz CT molecular complexity index is 1010. The van der Waals surface area contributed by atoms with Gasteiger partial charge in [0.05, 0.1) is 24.9 Å². The summed E-state index contributed by atoms with van der Waals surface area (Å²) < 4.78 is 5.45. The molecule has 3 N–H and O–H groups in total. The maximum Gasteiger partial charge on any atom is 0.151 e. The second kappa shape index (κ2) is 6.50. The zero-order valence-electron chi connectivity index (χ0n) is 16.4. The fraction of sp³-hybridized carbons (Fsp3) is 0.400. The van der Waals surface area contributed by atoms with E-state index in [0.717, 1.165) is 30.0 Å². The molecule has 9 heteroatoms. The van der Waals surface area contributed by atoms with E-state index in [4.69, 9.17) is 4.74 Å². The first-order valence-corrected chi connectivity index (χ1v) is 9.57. The van der Waals surface area contributed by atoms with E-state index in [1.807, 2.05) is 12.1 Å². The van der Waals surface area contributed by atoms with Crippen LogP contribution in [0.4, 0.5) is 5.82 Å². The number of piperazine rings is 1. The second-order valence-electron chi connectivity index (χ2n) is 8.49. The van der Waals surface area contributed by atoms with Crippen molar-refractivity contribution in [1.29, 1.82) is 0 Å². The summed E-state index contributed by atoms with van der Waals surface area (Å²) in [6.45, 7) is 7.44. The summed E-state index contributed by atoms with van der Waals surface area (Å²) in [6.07, 6.45) is 5.12. The number of anilines is 1. The fourth-order valence-electron chi connectivity index (χ4n) is 4.21. The number of rotatable bonds is 3. The first-order valence-electron chi connectivity index (χ1n) is 9.57. The van der Waals surface area contributed by atoms with Crippen LogP contribution >= 0.6 is 0 Å². The van der Waals surface area contributed by atoms with Gasteiger partial charge in [0.15, 0.2) is 5.82 Å². The number of aromatic nitrogens is 5. The lowest BCUT2D eigenvalue weighted by Gasteiger charge is -2.55. The monoisotopic (exact) mass is 393 g/mol. The Labute approximate surface area is 168 Å². The molecule has 9 nitrogen and oxygen atoms in total. The zero-order valence-corrected chi connectivity index (χ0v) is 16.4. The molecule has 2 fully saturated rings. The van der Waals surface area contributed by atoms with E-state index in [0.29, 0.717) is 24.6 Å². The number of aromatic amines is 1. The normalized spacial score (nSPS) is 19.9. The maximum absolute atomic E-state index is 10.4. The van der Waals surface area contributed by atoms with Gasteiger partial charge < -0.3 is 14.7 Å². The Morgan fingerprint density at radius 2 is 1.97 bits per heavy atom. The molecule has 2 aliphatic heterocycles. The van der Waals surface area contributed by atoms with Crippen LogP contribution in [0.15, 0.2) is 36.8 Å². The highest BCUT2D eigenvalue weighted by atomic mass is 16.5. The minimum atomic E-state index is -0.0505. The summed E-state index contributed by atoms with van der Waals surface area (Å²) in [4.78, 5) is 6.62. The van der Waals surface area contributed by atoms with Gasteiger partial charge in [-0.15, -0.1) is 10.2 Å². The van der Waals surface area contributed by atoms with Crippen LogP contribution in [0.25, 0.3) is 22.5 Å². The van der Waals surface area contributed by atoms with Gasteiger partial charge in [0.1, 0.15) is 17.1 Å². The van der Waals surface area contributed by atoms with Crippen molar-refractivity contribution < 1.29 is 9.84 Å². The number of nitrogens with zero attached hydrogens (tertiary/aromatic N) is 5. The molecule has 3 aromatic heterocycles. The van der Waals surface area contributed by atoms with Gasteiger partial charge in [0.25, 0.3) is 0 Å². The molecule has 5 heterocycles. The van der Waals surface area contributed by atoms with Gasteiger partial charge in [-0.05, 0) is 32.0 Å². The lowest BCUT2D eigenvalue weighted by atomic mass is 9.87. The molecular weight excluding hydrogens is 370 g/mol. The van der Waals surface area contributed by atoms with Gasteiger partial charge in [-0.3, -0.25) is 10.4 Å². The molecule has 5 rings (SSSR count). The molecule has 0 unspecified atom stereocenters. The molecule has 0 amide bonds. The molecule has 0 aromatic carbocycles. The third-order valence-electron chi connectivity index (χ3n) is 5.36. The van der Waals surface area contributed by atoms with Gasteiger partial charge in [-0.2, -0.15) is 5.10 Å². The zero-order chi connectivity index (χ0) is 20.1. The van der Waals surface area contributed by atoms with E-state index < -0.39 is 0 Å². The van der Waals surface area contributed by atoms with Crippen molar-refractivity contribution in [3.05, 3.63) is 36.8 Å². The largest absolute Gasteiger partial charge is 0.506 e. The quantitative estimate of drug-likeness (QED) is 0.615. The molecule has 0 bridgehead atoms. The van der Waals surface area contributed by atoms with E-state index in [1.165, 1.54) is 0 Å². The second-order valence-corrected chi connectivity index (χ2v) is 8.49. The van der Waals surface area contributed by atoms with Crippen molar-refractivity contribution in [2.75, 3.05) is 31.2 Å². The SMILES string of the molecule is CC1(C)CN(c2ccc(-c3ncc(-c4cn[nH]c4)cc3O)nn2)CC2(COC2)N1. The van der Waals surface area contributed by atoms with E-state index in [-0.39, 0.29) is 16.8 Å². The van der Waals surface area contributed by atoms with Crippen LogP contribution in [0.5, 0.6) is 5.75 Å². The number of pyridine rings is 1. The highest BCUT2D eigenvalue weighted by molar-refractivity contribution is 5.69. The van der Waals surface area contributed by atoms with E-state index in [1.54, 1.807) is 24.7 Å². The number of nitrogens with one attached hydrogen (secondary N) is 2. The molecular formula is C20H23N7O2. The van der Waals surface area contributed by atoms with E-state index in [9.17, 15) is 5.11 Å². The van der Waals surface area contributed by atoms with E-state index >= 15 is 0 Å². The van der Waals surface area contributed by atoms with Crippen LogP contribution in [0.2, 0.25) is 0 Å². The van der Waals surface area contributed by atoms with Crippen LogP contribution in [-0.4, -0.2) is 67.9 Å². The summed E-state index contributed by atoms with van der Waals surface area (Å²) >= 11 is 0. The van der Waals surface area contributed by atoms with Gasteiger partial charge in [0, 0.05) is 42.1 Å². The molecule has 0 radical (unpaired) electrons. The van der Waals surface area contributed by atoms with Crippen molar-refractivity contribution in [1.82, 2.24) is 30.7 Å². The molecule has 1 spiro atoms. The topological polar surface area (TPSA) is 112 Å². The summed E-state index contributed by atoms with van der Waals surface area (Å²) in [6, 6.07) is 5.44. The smallest absolute Gasteiger partial charge is 0.151 e. The highest BCUT2D eigenvalue weighted by Gasteiger charge is 2.48. The predicted octanol–water partition coefficient (Wildman–Crippen LogP) is 1.59. The first kappa shape index (κ1) is 18.0. The lowest BCUT2D eigenvalue weighted by Crippen LogP contribution is -2.76. The molecule has 29 heavy (non-hydrogen) atoms. The Hall–Kier alpha value is -3.04. The van der Waals surface area contributed by atoms with Gasteiger partial charge >= 0.3 is 0 Å². The predicted molar refractivity (Wildman–Crippen MR) is 107 cm³/mol. The van der Waals surface area contributed by atoms with Crippen LogP contribution in [0, 0.1) is 0 Å². The number of ether oxygens (including phenoxy) is 1. The molecule has 2 saturated heterocycles. The Morgan fingerprint density at radius 1 is 1.10 bits per heavy atom. The molecule has 2 aliphatic rings. The maximum atomic E-state index is 10.4. The summed E-state index contributed by atoms with van der Waals surface area (Å²) in [5.74, 6) is 0.865. The summed E-state index contributed by atoms with van der Waals surface area (Å²) in [5.41, 5.74) is 2.49. The van der Waals surface area contributed by atoms with Crippen molar-refractivity contribution in [2.24, 2.45) is 0 Å². The summed E-state index contributed by atoms with van der Waals surface area (Å²) in [7, 11) is 0. The number of hydrogen-bond acceptors (Lipinski definition) is 8. The van der Waals surface area contributed by atoms with Gasteiger partial charge in [0.2, 0.25) is 0 Å². The van der Waals surface area contributed by atoms with Crippen molar-refractivity contribution in [2.45, 2.75) is 24.9 Å². The van der Waals surface area contributed by atoms with Crippen molar-refractivity contribution in [3.8, 4) is 28.3 Å². The van der Waals surface area contributed by atoms with Gasteiger partial charge in [-0.25, -0.2) is 4.98 Å². The molecule has 0 aliphatic carbocycles. The van der Waals surface area contributed by atoms with Crippen molar-refractivity contribution in [3.63, 3.8) is 0 Å². The van der Waals surface area contributed by atoms with Crippen LogP contribution < -0.4 is 10.2 Å². The number of aromatic hydroxyl groups is 1. The standard InChI is InChI=1S/C20H23N7O2/c1-19(2)9-27(10-20(26-19)11-29-12-20)17-4-3-15(24-25-17)18-16(28)5-13(6-21-18)14-7-22-23-8-14/h3-8,26,28H,9-12H2,1-2H3,(H,22,23). The Balaban J connectivity index is 1.39. The van der Waals surface area contributed by atoms with Gasteiger partial charge in [-0.1, -0.05) is 0 Å². The first-order chi connectivity index (χ1) is 13.9. The lowest BCUT2D eigenvalue weighted by molar-refractivity contribution is -0.0897. The highest BCUT2D eigenvalue weighted by Crippen LogP contribution is 2.32. The Morgan fingerprint density at radius 3 is 2.59 bits per heavy atom. The summed E-state index contributed by atoms with van der Waals surface area (Å²) in [5, 5.41) is 29.6. The molecule has 0 atom stereocenters. The number of H-pyrrole nitrogens is 1.